The Morgan fingerprint density at radius 1 is 1.06 bits per heavy atom. The van der Waals surface area contributed by atoms with Crippen molar-refractivity contribution >= 4 is 18.3 Å². The van der Waals surface area contributed by atoms with Gasteiger partial charge in [0.05, 0.1) is 0 Å². The molecule has 1 rings (SSSR count). The van der Waals surface area contributed by atoms with Gasteiger partial charge in [0.2, 0.25) is 5.91 Å². The molecule has 0 aromatic heterocycles. The smallest absolute Gasteiger partial charge is 0.219 e. The van der Waals surface area contributed by atoms with Crippen LogP contribution in [0.4, 0.5) is 0 Å². The lowest BCUT2D eigenvalue weighted by atomic mass is 10.1. The van der Waals surface area contributed by atoms with Crippen LogP contribution in [0.5, 0.6) is 0 Å². The molecule has 0 spiro atoms. The maximum absolute atomic E-state index is 11.0. The summed E-state index contributed by atoms with van der Waals surface area (Å²) in [6.45, 7) is 6.66. The number of unbranched alkanes of at least 4 members (excludes halogenated alkanes) is 3. The molecule has 1 N–H and O–H groups in total. The second-order valence-electron chi connectivity index (χ2n) is 5.02. The zero-order valence-corrected chi connectivity index (χ0v) is 12.6. The van der Waals surface area contributed by atoms with Crippen LogP contribution in [0.25, 0.3) is 0 Å². The van der Waals surface area contributed by atoms with E-state index in [9.17, 15) is 4.79 Å². The number of nitrogens with one attached hydrogen (secondary N) is 1. The Hall–Kier alpha value is -0.280. The number of likely N-dealkylation sites (tertiary alicyclic amines) is 1. The molecule has 3 nitrogen and oxygen atoms in total. The van der Waals surface area contributed by atoms with Gasteiger partial charge in [0.1, 0.15) is 0 Å². The van der Waals surface area contributed by atoms with Crippen LogP contribution in [-0.2, 0) is 4.79 Å². The van der Waals surface area contributed by atoms with E-state index in [4.69, 9.17) is 0 Å². The van der Waals surface area contributed by atoms with Crippen LogP contribution >= 0.6 is 12.4 Å². The number of rotatable bonds is 8. The van der Waals surface area contributed by atoms with Crippen molar-refractivity contribution in [3.63, 3.8) is 0 Å². The summed E-state index contributed by atoms with van der Waals surface area (Å²) in [7, 11) is 0. The van der Waals surface area contributed by atoms with Crippen molar-refractivity contribution in [1.29, 1.82) is 0 Å². The van der Waals surface area contributed by atoms with Crippen LogP contribution < -0.4 is 5.32 Å². The monoisotopic (exact) mass is 276 g/mol. The first-order valence-corrected chi connectivity index (χ1v) is 7.32. The molecule has 1 heterocycles. The van der Waals surface area contributed by atoms with Crippen LogP contribution in [0.2, 0.25) is 0 Å². The molecule has 1 aliphatic rings. The van der Waals surface area contributed by atoms with E-state index >= 15 is 0 Å². The van der Waals surface area contributed by atoms with Crippen molar-refractivity contribution in [2.24, 2.45) is 0 Å². The van der Waals surface area contributed by atoms with Gasteiger partial charge in [0, 0.05) is 13.0 Å². The third-order valence-corrected chi connectivity index (χ3v) is 3.49. The first-order chi connectivity index (χ1) is 8.33. The van der Waals surface area contributed by atoms with Gasteiger partial charge in [0.25, 0.3) is 0 Å². The summed E-state index contributed by atoms with van der Waals surface area (Å²) in [6.07, 6.45) is 9.82. The SMILES string of the molecule is CCC(=O)NCCCCCCN1CCCCC1.Cl. The van der Waals surface area contributed by atoms with Crippen molar-refractivity contribution in [3.05, 3.63) is 0 Å². The van der Waals surface area contributed by atoms with E-state index in [-0.39, 0.29) is 18.3 Å². The van der Waals surface area contributed by atoms with E-state index in [1.165, 1.54) is 58.2 Å². The maximum Gasteiger partial charge on any atom is 0.219 e. The molecule has 1 amide bonds. The topological polar surface area (TPSA) is 32.3 Å². The van der Waals surface area contributed by atoms with Gasteiger partial charge in [-0.1, -0.05) is 26.2 Å². The molecule has 0 aliphatic carbocycles. The lowest BCUT2D eigenvalue weighted by molar-refractivity contribution is -0.120. The maximum atomic E-state index is 11.0. The minimum Gasteiger partial charge on any atom is -0.356 e. The molecule has 0 saturated carbocycles. The van der Waals surface area contributed by atoms with E-state index in [0.717, 1.165) is 13.0 Å². The second kappa shape index (κ2) is 11.8. The van der Waals surface area contributed by atoms with Crippen molar-refractivity contribution in [2.45, 2.75) is 58.3 Å². The van der Waals surface area contributed by atoms with Crippen molar-refractivity contribution < 1.29 is 4.79 Å². The Kier molecular flexibility index (Phi) is 11.6. The van der Waals surface area contributed by atoms with Crippen LogP contribution in [0, 0.1) is 0 Å². The number of hydrogen-bond acceptors (Lipinski definition) is 2. The van der Waals surface area contributed by atoms with E-state index in [2.05, 4.69) is 10.2 Å². The Morgan fingerprint density at radius 2 is 1.72 bits per heavy atom. The first kappa shape index (κ1) is 17.7. The molecule has 0 bridgehead atoms. The highest BCUT2D eigenvalue weighted by Crippen LogP contribution is 2.10. The summed E-state index contributed by atoms with van der Waals surface area (Å²) in [5, 5.41) is 2.92. The molecule has 0 radical (unpaired) electrons. The standard InChI is InChI=1S/C14H28N2O.ClH/c1-2-14(17)15-10-6-3-4-7-11-16-12-8-5-9-13-16;/h2-13H2,1H3,(H,15,17);1H. The summed E-state index contributed by atoms with van der Waals surface area (Å²) in [5.74, 6) is 0.179. The van der Waals surface area contributed by atoms with E-state index < -0.39 is 0 Å². The van der Waals surface area contributed by atoms with Gasteiger partial charge in [0.15, 0.2) is 0 Å². The summed E-state index contributed by atoms with van der Waals surface area (Å²) in [4.78, 5) is 13.6. The lowest BCUT2D eigenvalue weighted by Crippen LogP contribution is -2.30. The fraction of sp³-hybridized carbons (Fsp3) is 0.929. The predicted molar refractivity (Wildman–Crippen MR) is 79.3 cm³/mol. The number of halogens is 1. The Labute approximate surface area is 118 Å². The second-order valence-corrected chi connectivity index (χ2v) is 5.02. The molecule has 0 unspecified atom stereocenters. The fourth-order valence-corrected chi connectivity index (χ4v) is 2.35. The molecule has 4 heteroatoms. The van der Waals surface area contributed by atoms with Gasteiger partial charge in [-0.05, 0) is 45.3 Å². The number of carbonyl (C=O) groups is 1. The van der Waals surface area contributed by atoms with Gasteiger partial charge < -0.3 is 10.2 Å². The van der Waals surface area contributed by atoms with Gasteiger partial charge in [-0.2, -0.15) is 0 Å². The molecule has 1 fully saturated rings. The number of amides is 1. The minimum absolute atomic E-state index is 0. The molecular weight excluding hydrogens is 248 g/mol. The average molecular weight is 277 g/mol. The van der Waals surface area contributed by atoms with Gasteiger partial charge in [-0.15, -0.1) is 12.4 Å². The Bertz CT molecular complexity index is 206. The molecule has 1 aliphatic heterocycles. The number of carbonyl (C=O) groups excluding carboxylic acids is 1. The van der Waals surface area contributed by atoms with Gasteiger partial charge >= 0.3 is 0 Å². The minimum atomic E-state index is 0. The van der Waals surface area contributed by atoms with Crippen molar-refractivity contribution in [3.8, 4) is 0 Å². The molecule has 18 heavy (non-hydrogen) atoms. The van der Waals surface area contributed by atoms with E-state index in [0.29, 0.717) is 6.42 Å². The van der Waals surface area contributed by atoms with Crippen LogP contribution in [0.3, 0.4) is 0 Å². The molecule has 1 saturated heterocycles. The highest BCUT2D eigenvalue weighted by Gasteiger charge is 2.08. The van der Waals surface area contributed by atoms with Crippen molar-refractivity contribution in [2.75, 3.05) is 26.2 Å². The van der Waals surface area contributed by atoms with Crippen LogP contribution in [-0.4, -0.2) is 37.0 Å². The van der Waals surface area contributed by atoms with Gasteiger partial charge in [-0.25, -0.2) is 0 Å². The third kappa shape index (κ3) is 8.76. The van der Waals surface area contributed by atoms with Crippen LogP contribution in [0.15, 0.2) is 0 Å². The van der Waals surface area contributed by atoms with Gasteiger partial charge in [-0.3, -0.25) is 4.79 Å². The number of nitrogens with zero attached hydrogens (tertiary/aromatic N) is 1. The highest BCUT2D eigenvalue weighted by atomic mass is 35.5. The third-order valence-electron chi connectivity index (χ3n) is 3.49. The zero-order valence-electron chi connectivity index (χ0n) is 11.7. The number of piperidine rings is 1. The number of hydrogen-bond donors (Lipinski definition) is 1. The molecule has 108 valence electrons. The van der Waals surface area contributed by atoms with Crippen LogP contribution in [0.1, 0.15) is 58.3 Å². The predicted octanol–water partition coefficient (Wildman–Crippen LogP) is 2.98. The fourth-order valence-electron chi connectivity index (χ4n) is 2.35. The molecular formula is C14H29ClN2O. The molecule has 0 aromatic rings. The average Bonchev–Trinajstić information content (AvgIpc) is 2.38. The zero-order chi connectivity index (χ0) is 12.3. The summed E-state index contributed by atoms with van der Waals surface area (Å²) in [6, 6.07) is 0. The quantitative estimate of drug-likeness (QED) is 0.691. The molecule has 0 aromatic carbocycles. The normalized spacial score (nSPS) is 16.1. The van der Waals surface area contributed by atoms with E-state index in [1.807, 2.05) is 6.92 Å². The summed E-state index contributed by atoms with van der Waals surface area (Å²) >= 11 is 0. The lowest BCUT2D eigenvalue weighted by Gasteiger charge is -2.26. The first-order valence-electron chi connectivity index (χ1n) is 7.32. The highest BCUT2D eigenvalue weighted by molar-refractivity contribution is 5.85. The Balaban J connectivity index is 0.00000289. The van der Waals surface area contributed by atoms with E-state index in [1.54, 1.807) is 0 Å². The molecule has 0 atom stereocenters. The largest absolute Gasteiger partial charge is 0.356 e. The summed E-state index contributed by atoms with van der Waals surface area (Å²) < 4.78 is 0. The van der Waals surface area contributed by atoms with Crippen molar-refractivity contribution in [1.82, 2.24) is 10.2 Å². The Morgan fingerprint density at radius 3 is 2.39 bits per heavy atom. The summed E-state index contributed by atoms with van der Waals surface area (Å²) in [5.41, 5.74) is 0.